The Morgan fingerprint density at radius 1 is 1.37 bits per heavy atom. The van der Waals surface area contributed by atoms with Crippen LogP contribution in [0.2, 0.25) is 0 Å². The summed E-state index contributed by atoms with van der Waals surface area (Å²) < 4.78 is 0. The van der Waals surface area contributed by atoms with E-state index < -0.39 is 0 Å². The normalized spacial score (nSPS) is 10.3. The van der Waals surface area contributed by atoms with E-state index in [-0.39, 0.29) is 5.91 Å². The molecule has 0 saturated carbocycles. The lowest BCUT2D eigenvalue weighted by atomic mass is 10.2. The summed E-state index contributed by atoms with van der Waals surface area (Å²) in [6.45, 7) is 0.938. The van der Waals surface area contributed by atoms with Crippen molar-refractivity contribution in [3.05, 3.63) is 24.0 Å². The second-order valence-electron chi connectivity index (χ2n) is 4.61. The van der Waals surface area contributed by atoms with Crippen LogP contribution >= 0.6 is 11.8 Å². The Labute approximate surface area is 120 Å². The van der Waals surface area contributed by atoms with E-state index in [1.165, 1.54) is 23.5 Å². The van der Waals surface area contributed by atoms with Gasteiger partial charge in [-0.3, -0.25) is 9.78 Å². The van der Waals surface area contributed by atoms with Crippen LogP contribution in [-0.4, -0.2) is 48.4 Å². The van der Waals surface area contributed by atoms with Gasteiger partial charge >= 0.3 is 0 Å². The number of rotatable bonds is 8. The van der Waals surface area contributed by atoms with Crippen molar-refractivity contribution < 1.29 is 4.79 Å². The van der Waals surface area contributed by atoms with Gasteiger partial charge in [0.05, 0.1) is 0 Å². The van der Waals surface area contributed by atoms with Gasteiger partial charge in [-0.1, -0.05) is 6.42 Å². The molecule has 0 fully saturated rings. The van der Waals surface area contributed by atoms with Gasteiger partial charge in [0, 0.05) is 32.5 Å². The van der Waals surface area contributed by atoms with Crippen molar-refractivity contribution in [3.8, 4) is 0 Å². The van der Waals surface area contributed by atoms with Crippen molar-refractivity contribution in [1.82, 2.24) is 9.88 Å². The fourth-order valence-corrected chi connectivity index (χ4v) is 2.16. The first-order valence-electron chi connectivity index (χ1n) is 6.55. The number of anilines is 1. The summed E-state index contributed by atoms with van der Waals surface area (Å²) in [6, 6.07) is 3.71. The summed E-state index contributed by atoms with van der Waals surface area (Å²) in [5, 5.41) is 3.34. The number of nitrogens with one attached hydrogen (secondary N) is 1. The number of hydrogen-bond acceptors (Lipinski definition) is 4. The van der Waals surface area contributed by atoms with Crippen LogP contribution in [0.1, 0.15) is 29.8 Å². The van der Waals surface area contributed by atoms with Crippen LogP contribution in [0, 0.1) is 0 Å². The van der Waals surface area contributed by atoms with Crippen molar-refractivity contribution in [1.29, 1.82) is 0 Å². The monoisotopic (exact) mass is 281 g/mol. The number of amides is 1. The van der Waals surface area contributed by atoms with E-state index in [0.717, 1.165) is 18.7 Å². The van der Waals surface area contributed by atoms with Crippen LogP contribution in [0.3, 0.4) is 0 Å². The van der Waals surface area contributed by atoms with E-state index in [9.17, 15) is 4.79 Å². The lowest BCUT2D eigenvalue weighted by Crippen LogP contribution is -2.22. The standard InChI is InChI=1S/C14H23N3OS/c1-17(2)14(18)13-11-12(7-9-16-13)15-8-5-4-6-10-19-3/h7,9,11H,4-6,8,10H2,1-3H3,(H,15,16). The van der Waals surface area contributed by atoms with Crippen LogP contribution in [0.15, 0.2) is 18.3 Å². The Hall–Kier alpha value is -1.23. The molecule has 1 heterocycles. The minimum Gasteiger partial charge on any atom is -0.385 e. The maximum Gasteiger partial charge on any atom is 0.272 e. The van der Waals surface area contributed by atoms with Crippen molar-refractivity contribution in [2.24, 2.45) is 0 Å². The Morgan fingerprint density at radius 3 is 2.84 bits per heavy atom. The molecule has 0 unspecified atom stereocenters. The third kappa shape index (κ3) is 5.96. The van der Waals surface area contributed by atoms with E-state index in [0.29, 0.717) is 5.69 Å². The highest BCUT2D eigenvalue weighted by atomic mass is 32.2. The number of unbranched alkanes of at least 4 members (excludes halogenated alkanes) is 2. The molecule has 0 aliphatic heterocycles. The number of carbonyl (C=O) groups excluding carboxylic acids is 1. The predicted octanol–water partition coefficient (Wildman–Crippen LogP) is 2.73. The number of carbonyl (C=O) groups is 1. The molecular formula is C14H23N3OS. The highest BCUT2D eigenvalue weighted by molar-refractivity contribution is 7.98. The molecule has 1 amide bonds. The lowest BCUT2D eigenvalue weighted by molar-refractivity contribution is 0.0822. The van der Waals surface area contributed by atoms with Gasteiger partial charge in [-0.25, -0.2) is 0 Å². The summed E-state index contributed by atoms with van der Waals surface area (Å²) in [6.07, 6.45) is 7.47. The van der Waals surface area contributed by atoms with Crippen LogP contribution in [0.5, 0.6) is 0 Å². The number of pyridine rings is 1. The number of thioether (sulfide) groups is 1. The summed E-state index contributed by atoms with van der Waals surface area (Å²) in [4.78, 5) is 17.4. The Morgan fingerprint density at radius 2 is 2.16 bits per heavy atom. The fourth-order valence-electron chi connectivity index (χ4n) is 1.67. The van der Waals surface area contributed by atoms with Gasteiger partial charge in [0.2, 0.25) is 0 Å². The van der Waals surface area contributed by atoms with Gasteiger partial charge < -0.3 is 10.2 Å². The Balaban J connectivity index is 2.38. The van der Waals surface area contributed by atoms with E-state index >= 15 is 0 Å². The molecule has 0 aliphatic carbocycles. The maximum absolute atomic E-state index is 11.8. The summed E-state index contributed by atoms with van der Waals surface area (Å²) in [7, 11) is 3.46. The van der Waals surface area contributed by atoms with Crippen molar-refractivity contribution in [2.45, 2.75) is 19.3 Å². The number of aromatic nitrogens is 1. The SMILES string of the molecule is CSCCCCCNc1ccnc(C(=O)N(C)C)c1. The molecule has 0 spiro atoms. The number of nitrogens with zero attached hydrogens (tertiary/aromatic N) is 2. The highest BCUT2D eigenvalue weighted by Gasteiger charge is 2.09. The molecular weight excluding hydrogens is 258 g/mol. The minimum atomic E-state index is -0.0661. The molecule has 1 aromatic rings. The average Bonchev–Trinajstić information content (AvgIpc) is 2.42. The molecule has 1 N–H and O–H groups in total. The van der Waals surface area contributed by atoms with Crippen LogP contribution < -0.4 is 5.32 Å². The average molecular weight is 281 g/mol. The zero-order valence-corrected chi connectivity index (χ0v) is 12.8. The highest BCUT2D eigenvalue weighted by Crippen LogP contribution is 2.10. The van der Waals surface area contributed by atoms with Gasteiger partial charge in [-0.15, -0.1) is 0 Å². The zero-order chi connectivity index (χ0) is 14.1. The van der Waals surface area contributed by atoms with Gasteiger partial charge in [0.15, 0.2) is 0 Å². The van der Waals surface area contributed by atoms with Crippen LogP contribution in [-0.2, 0) is 0 Å². The van der Waals surface area contributed by atoms with Gasteiger partial charge in [-0.2, -0.15) is 11.8 Å². The Kier molecular flexibility index (Phi) is 7.33. The van der Waals surface area contributed by atoms with Crippen molar-refractivity contribution >= 4 is 23.4 Å². The van der Waals surface area contributed by atoms with Gasteiger partial charge in [0.1, 0.15) is 5.69 Å². The molecule has 1 aromatic heterocycles. The van der Waals surface area contributed by atoms with Gasteiger partial charge in [-0.05, 0) is 37.0 Å². The molecule has 0 atom stereocenters. The molecule has 1 rings (SSSR count). The molecule has 106 valence electrons. The van der Waals surface area contributed by atoms with Crippen molar-refractivity contribution in [2.75, 3.05) is 38.0 Å². The van der Waals surface area contributed by atoms with E-state index in [2.05, 4.69) is 16.6 Å². The first kappa shape index (κ1) is 15.8. The fraction of sp³-hybridized carbons (Fsp3) is 0.571. The molecule has 0 bridgehead atoms. The van der Waals surface area contributed by atoms with E-state index in [4.69, 9.17) is 0 Å². The Bertz CT molecular complexity index is 396. The zero-order valence-electron chi connectivity index (χ0n) is 12.0. The molecule has 4 nitrogen and oxygen atoms in total. The van der Waals surface area contributed by atoms with Gasteiger partial charge in [0.25, 0.3) is 5.91 Å². The molecule has 0 radical (unpaired) electrons. The number of hydrogen-bond donors (Lipinski definition) is 1. The summed E-state index contributed by atoms with van der Waals surface area (Å²) in [5.41, 5.74) is 1.45. The lowest BCUT2D eigenvalue weighted by Gasteiger charge is -2.11. The third-order valence-corrected chi connectivity index (χ3v) is 3.44. The maximum atomic E-state index is 11.8. The first-order valence-corrected chi connectivity index (χ1v) is 7.95. The smallest absolute Gasteiger partial charge is 0.272 e. The largest absolute Gasteiger partial charge is 0.385 e. The quantitative estimate of drug-likeness (QED) is 0.744. The van der Waals surface area contributed by atoms with Crippen LogP contribution in [0.4, 0.5) is 5.69 Å². The topological polar surface area (TPSA) is 45.2 Å². The van der Waals surface area contributed by atoms with E-state index in [1.54, 1.807) is 20.3 Å². The minimum absolute atomic E-state index is 0.0661. The summed E-state index contributed by atoms with van der Waals surface area (Å²) in [5.74, 6) is 1.17. The predicted molar refractivity (Wildman–Crippen MR) is 83.0 cm³/mol. The molecule has 0 saturated heterocycles. The van der Waals surface area contributed by atoms with E-state index in [1.807, 2.05) is 23.9 Å². The van der Waals surface area contributed by atoms with Crippen molar-refractivity contribution in [3.63, 3.8) is 0 Å². The molecule has 19 heavy (non-hydrogen) atoms. The second-order valence-corrected chi connectivity index (χ2v) is 5.60. The first-order chi connectivity index (χ1) is 9.15. The summed E-state index contributed by atoms with van der Waals surface area (Å²) >= 11 is 1.89. The molecule has 5 heteroatoms. The molecule has 0 aliphatic rings. The van der Waals surface area contributed by atoms with Crippen LogP contribution in [0.25, 0.3) is 0 Å². The molecule has 0 aromatic carbocycles. The third-order valence-electron chi connectivity index (χ3n) is 2.74. The second kappa shape index (κ2) is 8.80.